The minimum atomic E-state index is -5.13. The van der Waals surface area contributed by atoms with Crippen molar-refractivity contribution in [2.45, 2.75) is 16.7 Å². The maximum absolute atomic E-state index is 13.3. The first-order valence-corrected chi connectivity index (χ1v) is 6.76. The van der Waals surface area contributed by atoms with Crippen LogP contribution in [-0.2, 0) is 9.53 Å². The van der Waals surface area contributed by atoms with Crippen LogP contribution in [0.15, 0.2) is 34.2 Å². The number of rotatable bonds is 1. The molecule has 0 radical (unpaired) electrons. The van der Waals surface area contributed by atoms with Gasteiger partial charge in [0.25, 0.3) is 0 Å². The van der Waals surface area contributed by atoms with E-state index in [0.29, 0.717) is 10.6 Å². The number of hydrogen-bond acceptors (Lipinski definition) is 5. The fourth-order valence-corrected chi connectivity index (χ4v) is 3.18. The highest BCUT2D eigenvalue weighted by Crippen LogP contribution is 2.45. The predicted molar refractivity (Wildman–Crippen MR) is 71.5 cm³/mol. The number of carbonyl (C=O) groups is 2. The highest BCUT2D eigenvalue weighted by Gasteiger charge is 2.66. The maximum Gasteiger partial charge on any atom is 0.444 e. The molecule has 116 valence electrons. The van der Waals surface area contributed by atoms with E-state index in [2.05, 4.69) is 9.73 Å². The lowest BCUT2D eigenvalue weighted by Crippen LogP contribution is -2.68. The van der Waals surface area contributed by atoms with Crippen molar-refractivity contribution < 1.29 is 27.5 Å². The van der Waals surface area contributed by atoms with Crippen molar-refractivity contribution >= 4 is 34.6 Å². The van der Waals surface area contributed by atoms with Crippen LogP contribution in [0.5, 0.6) is 0 Å². The second-order valence-corrected chi connectivity index (χ2v) is 5.44. The molecule has 0 spiro atoms. The molecule has 0 aromatic heterocycles. The molecule has 0 aliphatic carbocycles. The molecule has 0 fully saturated rings. The van der Waals surface area contributed by atoms with Crippen LogP contribution in [0, 0.1) is 0 Å². The number of amides is 2. The predicted octanol–water partition coefficient (Wildman–Crippen LogP) is 2.11. The van der Waals surface area contributed by atoms with E-state index in [4.69, 9.17) is 0 Å². The average Bonchev–Trinajstić information content (AvgIpc) is 2.83. The number of anilines is 1. The van der Waals surface area contributed by atoms with Gasteiger partial charge in [0.05, 0.1) is 12.8 Å². The molecule has 2 heterocycles. The summed E-state index contributed by atoms with van der Waals surface area (Å²) in [4.78, 5) is 28.8. The number of methoxy groups -OCH3 is 1. The van der Waals surface area contributed by atoms with E-state index in [-0.39, 0.29) is 5.17 Å². The number of aliphatic imine (C=N–C) groups is 1. The fraction of sp³-hybridized carbons (Fsp3) is 0.250. The van der Waals surface area contributed by atoms with Crippen molar-refractivity contribution in [2.75, 3.05) is 12.0 Å². The van der Waals surface area contributed by atoms with Gasteiger partial charge in [0, 0.05) is 4.90 Å². The van der Waals surface area contributed by atoms with Gasteiger partial charge in [-0.05, 0) is 23.9 Å². The number of benzene rings is 1. The zero-order valence-corrected chi connectivity index (χ0v) is 11.8. The summed E-state index contributed by atoms with van der Waals surface area (Å²) in [5.41, 5.74) is -3.02. The number of esters is 1. The number of alkyl halides is 3. The number of para-hydroxylation sites is 1. The Morgan fingerprint density at radius 1 is 1.41 bits per heavy atom. The van der Waals surface area contributed by atoms with E-state index in [1.54, 1.807) is 29.6 Å². The zero-order chi connectivity index (χ0) is 16.1. The molecule has 0 bridgehead atoms. The van der Waals surface area contributed by atoms with Crippen molar-refractivity contribution in [3.8, 4) is 0 Å². The number of halogens is 3. The number of fused-ring (bicyclic) bond motifs is 3. The summed E-state index contributed by atoms with van der Waals surface area (Å²) in [6.45, 7) is 0. The van der Waals surface area contributed by atoms with Crippen molar-refractivity contribution in [2.24, 2.45) is 4.99 Å². The number of nitrogens with zero attached hydrogens (tertiary/aromatic N) is 2. The Kier molecular flexibility index (Phi) is 3.09. The lowest BCUT2D eigenvalue weighted by Gasteiger charge is -2.35. The van der Waals surface area contributed by atoms with Crippen LogP contribution in [0.3, 0.4) is 0 Å². The molecule has 10 heteroatoms. The zero-order valence-electron chi connectivity index (χ0n) is 11.0. The van der Waals surface area contributed by atoms with Crippen molar-refractivity contribution in [1.82, 2.24) is 5.32 Å². The first-order valence-electron chi connectivity index (χ1n) is 5.94. The highest BCUT2D eigenvalue weighted by atomic mass is 32.2. The van der Waals surface area contributed by atoms with Gasteiger partial charge in [-0.3, -0.25) is 5.32 Å². The van der Waals surface area contributed by atoms with Crippen LogP contribution in [-0.4, -0.2) is 36.1 Å². The fourth-order valence-electron chi connectivity index (χ4n) is 2.12. The van der Waals surface area contributed by atoms with Gasteiger partial charge >= 0.3 is 23.8 Å². The Labute approximate surface area is 126 Å². The number of amidine groups is 1. The minimum Gasteiger partial charge on any atom is -0.466 e. The van der Waals surface area contributed by atoms with E-state index in [1.165, 1.54) is 0 Å². The molecule has 2 aliphatic heterocycles. The number of hydrogen-bond donors (Lipinski definition) is 1. The first kappa shape index (κ1) is 14.7. The summed E-state index contributed by atoms with van der Waals surface area (Å²) in [5.74, 6) is -1.70. The molecule has 1 aromatic carbocycles. The van der Waals surface area contributed by atoms with E-state index >= 15 is 0 Å². The molecule has 0 saturated carbocycles. The third kappa shape index (κ3) is 1.86. The average molecular weight is 331 g/mol. The van der Waals surface area contributed by atoms with Gasteiger partial charge in [-0.25, -0.2) is 19.5 Å². The summed E-state index contributed by atoms with van der Waals surface area (Å²) < 4.78 is 44.2. The van der Waals surface area contributed by atoms with Crippen LogP contribution in [0.2, 0.25) is 0 Å². The smallest absolute Gasteiger partial charge is 0.444 e. The van der Waals surface area contributed by atoms with Crippen LogP contribution in [0.4, 0.5) is 23.7 Å². The molecule has 1 unspecified atom stereocenters. The van der Waals surface area contributed by atoms with Crippen LogP contribution in [0.25, 0.3) is 0 Å². The molecule has 2 aliphatic rings. The topological polar surface area (TPSA) is 71.0 Å². The SMILES string of the molecule is COC(=O)C1(C(F)(F)F)N=C2Sc3ccccc3N2C(=O)N1. The molecule has 2 amide bonds. The Balaban J connectivity index is 2.16. The van der Waals surface area contributed by atoms with E-state index in [0.717, 1.165) is 23.8 Å². The molecule has 6 nitrogen and oxygen atoms in total. The standard InChI is InChI=1S/C12H8F3N3O3S/c1-21-8(19)11(12(13,14)15)16-9(20)18-6-4-2-3-5-7(6)22-10(18)17-11/h2-5H,1H3,(H,16,20). The number of nitrogens with one attached hydrogen (secondary N) is 1. The van der Waals surface area contributed by atoms with Crippen molar-refractivity contribution in [1.29, 1.82) is 0 Å². The molecular formula is C12H8F3N3O3S. The summed E-state index contributed by atoms with van der Waals surface area (Å²) in [6, 6.07) is 5.44. The van der Waals surface area contributed by atoms with Crippen LogP contribution < -0.4 is 10.2 Å². The number of ether oxygens (including phenoxy) is 1. The number of urea groups is 1. The third-order valence-corrected chi connectivity index (χ3v) is 4.17. The van der Waals surface area contributed by atoms with Gasteiger partial charge in [0.15, 0.2) is 5.17 Å². The summed E-state index contributed by atoms with van der Waals surface area (Å²) in [5, 5.41) is 1.39. The minimum absolute atomic E-state index is 0.229. The Hall–Kier alpha value is -2.23. The van der Waals surface area contributed by atoms with Crippen molar-refractivity contribution in [3.05, 3.63) is 24.3 Å². The maximum atomic E-state index is 13.3. The van der Waals surface area contributed by atoms with E-state index in [1.807, 2.05) is 0 Å². The molecular weight excluding hydrogens is 323 g/mol. The monoisotopic (exact) mass is 331 g/mol. The Morgan fingerprint density at radius 2 is 2.09 bits per heavy atom. The summed E-state index contributed by atoms with van der Waals surface area (Å²) in [6.07, 6.45) is -5.13. The van der Waals surface area contributed by atoms with Crippen LogP contribution >= 0.6 is 11.8 Å². The van der Waals surface area contributed by atoms with Gasteiger partial charge in [-0.1, -0.05) is 12.1 Å². The number of thioether (sulfide) groups is 1. The highest BCUT2D eigenvalue weighted by molar-refractivity contribution is 8.15. The second-order valence-electron chi connectivity index (χ2n) is 4.43. The molecule has 1 aromatic rings. The first-order chi connectivity index (χ1) is 10.3. The third-order valence-electron chi connectivity index (χ3n) is 3.14. The number of carbonyl (C=O) groups excluding carboxylic acids is 2. The van der Waals surface area contributed by atoms with Gasteiger partial charge in [-0.2, -0.15) is 13.2 Å². The van der Waals surface area contributed by atoms with Crippen LogP contribution in [0.1, 0.15) is 0 Å². The molecule has 3 rings (SSSR count). The summed E-state index contributed by atoms with van der Waals surface area (Å²) >= 11 is 0.877. The van der Waals surface area contributed by atoms with Crippen molar-refractivity contribution in [3.63, 3.8) is 0 Å². The van der Waals surface area contributed by atoms with Gasteiger partial charge in [0.2, 0.25) is 0 Å². The quantitative estimate of drug-likeness (QED) is 0.800. The normalized spacial score (nSPS) is 23.4. The van der Waals surface area contributed by atoms with E-state index < -0.39 is 23.8 Å². The molecule has 1 N–H and O–H groups in total. The largest absolute Gasteiger partial charge is 0.466 e. The molecule has 1 atom stereocenters. The lowest BCUT2D eigenvalue weighted by atomic mass is 10.1. The Morgan fingerprint density at radius 3 is 2.73 bits per heavy atom. The van der Waals surface area contributed by atoms with E-state index in [9.17, 15) is 22.8 Å². The van der Waals surface area contributed by atoms with Gasteiger partial charge in [-0.15, -0.1) is 0 Å². The Bertz CT molecular complexity index is 706. The molecule has 22 heavy (non-hydrogen) atoms. The molecule has 0 saturated heterocycles. The summed E-state index contributed by atoms with van der Waals surface area (Å²) in [7, 11) is 0.797. The van der Waals surface area contributed by atoms with Gasteiger partial charge < -0.3 is 4.74 Å². The second kappa shape index (κ2) is 4.63. The lowest BCUT2D eigenvalue weighted by molar-refractivity contribution is -0.207. The van der Waals surface area contributed by atoms with Gasteiger partial charge in [0.1, 0.15) is 0 Å².